The Balaban J connectivity index is 2.55. The molecular formula is C7H13BO2. The van der Waals surface area contributed by atoms with Crippen LogP contribution < -0.4 is 0 Å². The van der Waals surface area contributed by atoms with Crippen LogP contribution in [0.5, 0.6) is 0 Å². The third kappa shape index (κ3) is 1.35. The zero-order chi connectivity index (χ0) is 7.78. The minimum absolute atomic E-state index is 0.0606. The molecule has 3 heteroatoms. The van der Waals surface area contributed by atoms with Gasteiger partial charge in [0.15, 0.2) is 0 Å². The first-order valence-corrected chi connectivity index (χ1v) is 3.62. The number of hydrogen-bond acceptors (Lipinski definition) is 2. The van der Waals surface area contributed by atoms with Gasteiger partial charge in [0.1, 0.15) is 7.85 Å². The quantitative estimate of drug-likeness (QED) is 0.530. The molecule has 1 saturated heterocycles. The Morgan fingerprint density at radius 2 is 2.40 bits per heavy atom. The van der Waals surface area contributed by atoms with Crippen molar-refractivity contribution < 1.29 is 9.84 Å². The molecule has 0 aromatic carbocycles. The van der Waals surface area contributed by atoms with Crippen molar-refractivity contribution in [2.24, 2.45) is 5.92 Å². The van der Waals surface area contributed by atoms with Crippen molar-refractivity contribution in [1.82, 2.24) is 0 Å². The molecule has 1 aliphatic rings. The van der Waals surface area contributed by atoms with Crippen LogP contribution in [-0.4, -0.2) is 31.2 Å². The number of hydrogen-bond donors (Lipinski definition) is 1. The van der Waals surface area contributed by atoms with Gasteiger partial charge in [0, 0.05) is 6.00 Å². The van der Waals surface area contributed by atoms with Gasteiger partial charge in [-0.3, -0.25) is 0 Å². The predicted molar refractivity (Wildman–Crippen MR) is 39.9 cm³/mol. The van der Waals surface area contributed by atoms with Crippen LogP contribution in [0.25, 0.3) is 0 Å². The van der Waals surface area contributed by atoms with Crippen molar-refractivity contribution >= 4 is 7.85 Å². The van der Waals surface area contributed by atoms with Crippen LogP contribution >= 0.6 is 0 Å². The van der Waals surface area contributed by atoms with Gasteiger partial charge < -0.3 is 9.84 Å². The summed E-state index contributed by atoms with van der Waals surface area (Å²) >= 11 is 0. The summed E-state index contributed by atoms with van der Waals surface area (Å²) in [6.07, 6.45) is 0.852. The molecule has 10 heavy (non-hydrogen) atoms. The maximum atomic E-state index is 8.88. The van der Waals surface area contributed by atoms with Gasteiger partial charge in [-0.1, -0.05) is 6.92 Å². The highest BCUT2D eigenvalue weighted by Crippen LogP contribution is 2.32. The molecule has 1 heterocycles. The van der Waals surface area contributed by atoms with Crippen LogP contribution in [0, 0.1) is 5.92 Å². The summed E-state index contributed by atoms with van der Waals surface area (Å²) in [5.74, 6) is 0.358. The monoisotopic (exact) mass is 140 g/mol. The zero-order valence-electron chi connectivity index (χ0n) is 6.50. The molecule has 0 aromatic rings. The Labute approximate surface area is 63.0 Å². The van der Waals surface area contributed by atoms with Gasteiger partial charge in [0.25, 0.3) is 0 Å². The zero-order valence-corrected chi connectivity index (χ0v) is 6.50. The van der Waals surface area contributed by atoms with Crippen molar-refractivity contribution in [1.29, 1.82) is 0 Å². The first kappa shape index (κ1) is 8.09. The minimum atomic E-state index is -0.390. The van der Waals surface area contributed by atoms with E-state index in [9.17, 15) is 0 Å². The SMILES string of the molecule is [B][C@@H]1O[C@](C)(CO)C[C@@H]1C. The Morgan fingerprint density at radius 3 is 2.60 bits per heavy atom. The Bertz CT molecular complexity index is 117. The van der Waals surface area contributed by atoms with E-state index in [1.165, 1.54) is 0 Å². The summed E-state index contributed by atoms with van der Waals surface area (Å²) in [6, 6.07) is -0.197. The molecule has 0 bridgehead atoms. The standard InChI is InChI=1S/C7H13BO2/c1-5-3-7(2,4-9)10-6(5)8/h5-6,9H,3-4H2,1-2H3/t5-,6+,7-/m0/s1. The Morgan fingerprint density at radius 1 is 1.80 bits per heavy atom. The lowest BCUT2D eigenvalue weighted by Gasteiger charge is -2.20. The molecule has 2 nitrogen and oxygen atoms in total. The highest BCUT2D eigenvalue weighted by Gasteiger charge is 2.37. The third-order valence-corrected chi connectivity index (χ3v) is 2.07. The van der Waals surface area contributed by atoms with E-state index in [1.807, 2.05) is 13.8 Å². The van der Waals surface area contributed by atoms with Gasteiger partial charge in [-0.05, 0) is 19.3 Å². The van der Waals surface area contributed by atoms with E-state index in [4.69, 9.17) is 17.7 Å². The van der Waals surface area contributed by atoms with E-state index < -0.39 is 5.60 Å². The van der Waals surface area contributed by atoms with E-state index in [0.29, 0.717) is 5.92 Å². The molecule has 1 rings (SSSR count). The van der Waals surface area contributed by atoms with Gasteiger partial charge in [0.05, 0.1) is 12.2 Å². The summed E-state index contributed by atoms with van der Waals surface area (Å²) < 4.78 is 5.34. The smallest absolute Gasteiger partial charge is 0.109 e. The van der Waals surface area contributed by atoms with E-state index in [2.05, 4.69) is 0 Å². The van der Waals surface area contributed by atoms with Crippen LogP contribution in [0.3, 0.4) is 0 Å². The van der Waals surface area contributed by atoms with Crippen LogP contribution in [-0.2, 0) is 4.74 Å². The number of aliphatic hydroxyl groups excluding tert-OH is 1. The number of ether oxygens (including phenoxy) is 1. The van der Waals surface area contributed by atoms with Gasteiger partial charge in [-0.2, -0.15) is 0 Å². The van der Waals surface area contributed by atoms with Gasteiger partial charge in [0.2, 0.25) is 0 Å². The Hall–Kier alpha value is -0.0151. The first-order valence-electron chi connectivity index (χ1n) is 3.62. The summed E-state index contributed by atoms with van der Waals surface area (Å²) in [6.45, 7) is 3.98. The molecular weight excluding hydrogens is 127 g/mol. The van der Waals surface area contributed by atoms with Crippen LogP contribution in [0.2, 0.25) is 0 Å². The molecule has 1 N–H and O–H groups in total. The van der Waals surface area contributed by atoms with Crippen molar-refractivity contribution in [3.05, 3.63) is 0 Å². The second-order valence-corrected chi connectivity index (χ2v) is 3.37. The van der Waals surface area contributed by atoms with Crippen molar-refractivity contribution in [2.45, 2.75) is 31.9 Å². The van der Waals surface area contributed by atoms with Crippen LogP contribution in [0.15, 0.2) is 0 Å². The topological polar surface area (TPSA) is 29.5 Å². The summed E-state index contributed by atoms with van der Waals surface area (Å²) in [7, 11) is 5.60. The van der Waals surface area contributed by atoms with Crippen LogP contribution in [0.1, 0.15) is 20.3 Å². The lowest BCUT2D eigenvalue weighted by Crippen LogP contribution is -2.29. The molecule has 0 amide bonds. The lowest BCUT2D eigenvalue weighted by atomic mass is 9.86. The maximum absolute atomic E-state index is 8.88. The minimum Gasteiger partial charge on any atom is -0.393 e. The van der Waals surface area contributed by atoms with Gasteiger partial charge >= 0.3 is 0 Å². The second-order valence-electron chi connectivity index (χ2n) is 3.37. The summed E-state index contributed by atoms with van der Waals surface area (Å²) in [5.41, 5.74) is -0.390. The fourth-order valence-electron chi connectivity index (χ4n) is 1.39. The molecule has 3 atom stereocenters. The largest absolute Gasteiger partial charge is 0.393 e. The summed E-state index contributed by atoms with van der Waals surface area (Å²) in [5, 5.41) is 8.88. The maximum Gasteiger partial charge on any atom is 0.109 e. The normalized spacial score (nSPS) is 47.9. The Kier molecular flexibility index (Phi) is 2.06. The third-order valence-electron chi connectivity index (χ3n) is 2.07. The molecule has 0 spiro atoms. The van der Waals surface area contributed by atoms with E-state index in [-0.39, 0.29) is 12.6 Å². The lowest BCUT2D eigenvalue weighted by molar-refractivity contribution is -0.0375. The molecule has 0 unspecified atom stereocenters. The van der Waals surface area contributed by atoms with E-state index in [1.54, 1.807) is 0 Å². The average Bonchev–Trinajstić information content (AvgIpc) is 2.10. The van der Waals surface area contributed by atoms with Gasteiger partial charge in [-0.25, -0.2) is 0 Å². The number of aliphatic hydroxyl groups is 1. The molecule has 2 radical (unpaired) electrons. The van der Waals surface area contributed by atoms with Crippen LogP contribution in [0.4, 0.5) is 0 Å². The fraction of sp³-hybridized carbons (Fsp3) is 1.00. The molecule has 56 valence electrons. The summed E-state index contributed by atoms with van der Waals surface area (Å²) in [4.78, 5) is 0. The van der Waals surface area contributed by atoms with E-state index >= 15 is 0 Å². The molecule has 0 aliphatic carbocycles. The second kappa shape index (κ2) is 2.55. The van der Waals surface area contributed by atoms with Crippen molar-refractivity contribution in [3.63, 3.8) is 0 Å². The average molecular weight is 140 g/mol. The highest BCUT2D eigenvalue weighted by atomic mass is 16.5. The van der Waals surface area contributed by atoms with Crippen molar-refractivity contribution in [2.75, 3.05) is 6.61 Å². The molecule has 1 aliphatic heterocycles. The highest BCUT2D eigenvalue weighted by molar-refractivity contribution is 6.11. The van der Waals surface area contributed by atoms with E-state index in [0.717, 1.165) is 6.42 Å². The molecule has 0 saturated carbocycles. The molecule has 0 aromatic heterocycles. The molecule has 1 fully saturated rings. The predicted octanol–water partition coefficient (Wildman–Crippen LogP) is 0.288. The fourth-order valence-corrected chi connectivity index (χ4v) is 1.39. The number of rotatable bonds is 1. The first-order chi connectivity index (χ1) is 4.57. The van der Waals surface area contributed by atoms with Crippen molar-refractivity contribution in [3.8, 4) is 0 Å². The van der Waals surface area contributed by atoms with Gasteiger partial charge in [-0.15, -0.1) is 0 Å².